The van der Waals surface area contributed by atoms with Crippen molar-refractivity contribution in [1.82, 2.24) is 4.98 Å². The summed E-state index contributed by atoms with van der Waals surface area (Å²) < 4.78 is 5.94. The van der Waals surface area contributed by atoms with Crippen LogP contribution in [0.2, 0.25) is 0 Å². The van der Waals surface area contributed by atoms with E-state index < -0.39 is 6.10 Å². The molecule has 0 aromatic carbocycles. The van der Waals surface area contributed by atoms with Crippen LogP contribution in [0.4, 0.5) is 5.82 Å². The molecule has 1 heterocycles. The number of hydrogen-bond donors (Lipinski definition) is 2. The minimum Gasteiger partial charge on any atom is -0.390 e. The highest BCUT2D eigenvalue weighted by atomic mass is 16.5. The first-order chi connectivity index (χ1) is 9.16. The van der Waals surface area contributed by atoms with Gasteiger partial charge in [-0.15, -0.1) is 0 Å². The monoisotopic (exact) mass is 264 g/mol. The molecule has 1 fully saturated rings. The first-order valence-electron chi connectivity index (χ1n) is 7.19. The van der Waals surface area contributed by atoms with Gasteiger partial charge in [0, 0.05) is 19.2 Å². The fourth-order valence-electron chi connectivity index (χ4n) is 3.04. The highest BCUT2D eigenvalue weighted by molar-refractivity contribution is 5.32. The first-order valence-corrected chi connectivity index (χ1v) is 7.19. The number of rotatable bonds is 5. The summed E-state index contributed by atoms with van der Waals surface area (Å²) in [6.07, 6.45) is 7.19. The molecule has 4 heteroatoms. The van der Waals surface area contributed by atoms with Crippen LogP contribution < -0.4 is 5.73 Å². The molecule has 1 aromatic heterocycles. The second-order valence-electron chi connectivity index (χ2n) is 5.37. The molecule has 1 aliphatic carbocycles. The molecule has 1 atom stereocenters. The van der Waals surface area contributed by atoms with Gasteiger partial charge in [-0.25, -0.2) is 4.98 Å². The van der Waals surface area contributed by atoms with Crippen molar-refractivity contribution in [2.45, 2.75) is 57.2 Å². The van der Waals surface area contributed by atoms with E-state index in [1.54, 1.807) is 6.20 Å². The van der Waals surface area contributed by atoms with Crippen LogP contribution in [0.1, 0.15) is 44.6 Å². The van der Waals surface area contributed by atoms with E-state index >= 15 is 0 Å². The van der Waals surface area contributed by atoms with Crippen molar-refractivity contribution >= 4 is 5.82 Å². The van der Waals surface area contributed by atoms with E-state index in [0.29, 0.717) is 18.8 Å². The van der Waals surface area contributed by atoms with Gasteiger partial charge in [0.1, 0.15) is 5.82 Å². The maximum Gasteiger partial charge on any atom is 0.123 e. The van der Waals surface area contributed by atoms with Gasteiger partial charge in [-0.2, -0.15) is 0 Å². The maximum absolute atomic E-state index is 10.6. The third-order valence-corrected chi connectivity index (χ3v) is 4.01. The Morgan fingerprint density at radius 3 is 2.79 bits per heavy atom. The highest BCUT2D eigenvalue weighted by Gasteiger charge is 2.39. The van der Waals surface area contributed by atoms with Gasteiger partial charge >= 0.3 is 0 Å². The summed E-state index contributed by atoms with van der Waals surface area (Å²) in [5.41, 5.74) is 6.33. The standard InChI is InChI=1S/C15H24N2O2/c1-2-19-15(7-4-3-5-8-15)13(18)10-12-6-9-17-14(16)11-12/h6,9,11,13,18H,2-5,7-8,10H2,1H3,(H2,16,17). The molecule has 0 amide bonds. The Balaban J connectivity index is 2.08. The number of ether oxygens (including phenoxy) is 1. The van der Waals surface area contributed by atoms with E-state index in [4.69, 9.17) is 10.5 Å². The number of aliphatic hydroxyl groups excluding tert-OH is 1. The van der Waals surface area contributed by atoms with Gasteiger partial charge in [-0.05, 0) is 37.5 Å². The van der Waals surface area contributed by atoms with Crippen molar-refractivity contribution in [3.8, 4) is 0 Å². The summed E-state index contributed by atoms with van der Waals surface area (Å²) in [5, 5.41) is 10.6. The molecule has 4 nitrogen and oxygen atoms in total. The first kappa shape index (κ1) is 14.3. The van der Waals surface area contributed by atoms with Crippen LogP contribution in [0.3, 0.4) is 0 Å². The molecule has 0 spiro atoms. The molecular formula is C15H24N2O2. The van der Waals surface area contributed by atoms with Crippen LogP contribution in [0.5, 0.6) is 0 Å². The lowest BCUT2D eigenvalue weighted by molar-refractivity contribution is -0.138. The van der Waals surface area contributed by atoms with Crippen molar-refractivity contribution in [1.29, 1.82) is 0 Å². The predicted octanol–water partition coefficient (Wildman–Crippen LogP) is 2.31. The molecule has 0 radical (unpaired) electrons. The number of aliphatic hydroxyl groups is 1. The lowest BCUT2D eigenvalue weighted by Gasteiger charge is -2.41. The van der Waals surface area contributed by atoms with E-state index in [1.807, 2.05) is 19.1 Å². The van der Waals surface area contributed by atoms with Crippen LogP contribution >= 0.6 is 0 Å². The minimum atomic E-state index is -0.477. The van der Waals surface area contributed by atoms with Gasteiger partial charge in [0.2, 0.25) is 0 Å². The summed E-state index contributed by atoms with van der Waals surface area (Å²) in [6.45, 7) is 2.64. The average Bonchev–Trinajstić information content (AvgIpc) is 2.40. The van der Waals surface area contributed by atoms with Crippen molar-refractivity contribution in [2.75, 3.05) is 12.3 Å². The maximum atomic E-state index is 10.6. The molecule has 2 rings (SSSR count). The third-order valence-electron chi connectivity index (χ3n) is 4.01. The highest BCUT2D eigenvalue weighted by Crippen LogP contribution is 2.35. The number of nitrogens with zero attached hydrogens (tertiary/aromatic N) is 1. The van der Waals surface area contributed by atoms with Crippen LogP contribution in [0.15, 0.2) is 18.3 Å². The van der Waals surface area contributed by atoms with E-state index in [-0.39, 0.29) is 5.60 Å². The topological polar surface area (TPSA) is 68.4 Å². The Morgan fingerprint density at radius 1 is 1.42 bits per heavy atom. The second-order valence-corrected chi connectivity index (χ2v) is 5.37. The normalized spacial score (nSPS) is 20.1. The van der Waals surface area contributed by atoms with Gasteiger partial charge in [0.25, 0.3) is 0 Å². The van der Waals surface area contributed by atoms with Crippen LogP contribution in [-0.4, -0.2) is 28.4 Å². The van der Waals surface area contributed by atoms with Crippen molar-refractivity contribution < 1.29 is 9.84 Å². The number of anilines is 1. The number of pyridine rings is 1. The summed E-state index contributed by atoms with van der Waals surface area (Å²) in [7, 11) is 0. The Bertz CT molecular complexity index is 397. The number of nitrogens with two attached hydrogens (primary N) is 1. The average molecular weight is 264 g/mol. The van der Waals surface area contributed by atoms with Gasteiger partial charge in [0.15, 0.2) is 0 Å². The number of aromatic nitrogens is 1. The predicted molar refractivity (Wildman–Crippen MR) is 75.8 cm³/mol. The third kappa shape index (κ3) is 3.45. The Kier molecular flexibility index (Phi) is 4.77. The van der Waals surface area contributed by atoms with Crippen molar-refractivity contribution in [2.24, 2.45) is 0 Å². The van der Waals surface area contributed by atoms with Crippen LogP contribution in [0, 0.1) is 0 Å². The van der Waals surface area contributed by atoms with Gasteiger partial charge < -0.3 is 15.6 Å². The largest absolute Gasteiger partial charge is 0.390 e. The zero-order valence-corrected chi connectivity index (χ0v) is 11.6. The Labute approximate surface area is 115 Å². The van der Waals surface area contributed by atoms with E-state index in [0.717, 1.165) is 31.2 Å². The zero-order valence-electron chi connectivity index (χ0n) is 11.6. The van der Waals surface area contributed by atoms with Gasteiger partial charge in [-0.3, -0.25) is 0 Å². The molecule has 106 valence electrons. The zero-order chi connectivity index (χ0) is 13.7. The fraction of sp³-hybridized carbons (Fsp3) is 0.667. The Hall–Kier alpha value is -1.13. The quantitative estimate of drug-likeness (QED) is 0.856. The van der Waals surface area contributed by atoms with E-state index in [2.05, 4.69) is 4.98 Å². The SMILES string of the molecule is CCOC1(C(O)Cc2ccnc(N)c2)CCCCC1. The van der Waals surface area contributed by atoms with Crippen LogP contribution in [0.25, 0.3) is 0 Å². The molecule has 1 aliphatic rings. The van der Waals surface area contributed by atoms with E-state index in [9.17, 15) is 5.11 Å². The molecule has 0 saturated heterocycles. The minimum absolute atomic E-state index is 0.370. The molecule has 1 saturated carbocycles. The summed E-state index contributed by atoms with van der Waals surface area (Å²) in [5.74, 6) is 0.499. The lowest BCUT2D eigenvalue weighted by atomic mass is 9.78. The molecule has 1 aromatic rings. The van der Waals surface area contributed by atoms with Crippen molar-refractivity contribution in [3.05, 3.63) is 23.9 Å². The number of nitrogen functional groups attached to an aromatic ring is 1. The smallest absolute Gasteiger partial charge is 0.123 e. The van der Waals surface area contributed by atoms with E-state index in [1.165, 1.54) is 6.42 Å². The second kappa shape index (κ2) is 6.35. The van der Waals surface area contributed by atoms with Crippen molar-refractivity contribution in [3.63, 3.8) is 0 Å². The Morgan fingerprint density at radius 2 is 2.16 bits per heavy atom. The molecule has 19 heavy (non-hydrogen) atoms. The summed E-state index contributed by atoms with van der Waals surface area (Å²) >= 11 is 0. The molecule has 1 unspecified atom stereocenters. The molecular weight excluding hydrogens is 240 g/mol. The molecule has 0 aliphatic heterocycles. The number of hydrogen-bond acceptors (Lipinski definition) is 4. The van der Waals surface area contributed by atoms with Gasteiger partial charge in [0.05, 0.1) is 11.7 Å². The van der Waals surface area contributed by atoms with Crippen LogP contribution in [-0.2, 0) is 11.2 Å². The lowest BCUT2D eigenvalue weighted by Crippen LogP contribution is -2.47. The summed E-state index contributed by atoms with van der Waals surface area (Å²) in [4.78, 5) is 3.98. The summed E-state index contributed by atoms with van der Waals surface area (Å²) in [6, 6.07) is 3.73. The fourth-order valence-corrected chi connectivity index (χ4v) is 3.04. The van der Waals surface area contributed by atoms with Gasteiger partial charge in [-0.1, -0.05) is 19.3 Å². The molecule has 0 bridgehead atoms. The molecule has 3 N–H and O–H groups in total.